The number of hydrogen-bond acceptors (Lipinski definition) is 4. The maximum absolute atomic E-state index is 13.4. The van der Waals surface area contributed by atoms with Gasteiger partial charge in [0, 0.05) is 0 Å². The van der Waals surface area contributed by atoms with Crippen LogP contribution in [0.15, 0.2) is 97.1 Å². The molecule has 2 saturated heterocycles. The number of benzene rings is 3. The number of amides is 2. The average Bonchev–Trinajstić information content (AvgIpc) is 3.31. The lowest BCUT2D eigenvalue weighted by atomic mass is 9.95. The van der Waals surface area contributed by atoms with Crippen molar-refractivity contribution in [1.82, 2.24) is 4.90 Å². The maximum atomic E-state index is 13.4. The molecule has 0 aromatic heterocycles. The zero-order chi connectivity index (χ0) is 21.2. The van der Waals surface area contributed by atoms with Crippen LogP contribution >= 0.6 is 0 Å². The van der Waals surface area contributed by atoms with Gasteiger partial charge in [-0.15, -0.1) is 0 Å². The van der Waals surface area contributed by atoms with Crippen LogP contribution in [0.25, 0.3) is 6.08 Å². The number of imide groups is 1. The Hall–Kier alpha value is -3.70. The predicted molar refractivity (Wildman–Crippen MR) is 119 cm³/mol. The number of carbonyl (C=O) groups is 2. The summed E-state index contributed by atoms with van der Waals surface area (Å²) >= 11 is 0. The Morgan fingerprint density at radius 3 is 2.06 bits per heavy atom. The molecule has 31 heavy (non-hydrogen) atoms. The molecular weight excluding hydrogens is 388 g/mol. The van der Waals surface area contributed by atoms with Crippen molar-refractivity contribution in [2.45, 2.75) is 18.7 Å². The minimum Gasteiger partial charge on any atom is -0.275 e. The minimum atomic E-state index is -0.818. The van der Waals surface area contributed by atoms with Crippen LogP contribution < -0.4 is 5.06 Å². The summed E-state index contributed by atoms with van der Waals surface area (Å²) in [6.07, 6.45) is 3.12. The van der Waals surface area contributed by atoms with E-state index in [2.05, 4.69) is 0 Å². The number of hydroxylamine groups is 1. The molecule has 5 rings (SSSR count). The van der Waals surface area contributed by atoms with Gasteiger partial charge in [-0.3, -0.25) is 19.3 Å². The quantitative estimate of drug-likeness (QED) is 0.595. The van der Waals surface area contributed by atoms with Crippen LogP contribution in [0.1, 0.15) is 11.1 Å². The minimum absolute atomic E-state index is 0.194. The molecular formula is C26H22N2O3. The summed E-state index contributed by atoms with van der Waals surface area (Å²) < 4.78 is 0. The molecule has 0 N–H and O–H groups in total. The molecule has 0 radical (unpaired) electrons. The lowest BCUT2D eigenvalue weighted by Gasteiger charge is -2.26. The molecule has 3 aromatic carbocycles. The van der Waals surface area contributed by atoms with Gasteiger partial charge < -0.3 is 0 Å². The highest BCUT2D eigenvalue weighted by Gasteiger charge is 2.58. The first-order valence-corrected chi connectivity index (χ1v) is 10.4. The Kier molecular flexibility index (Phi) is 5.10. The number of hydrogen-bond donors (Lipinski definition) is 0. The number of fused-ring (bicyclic) bond motifs is 1. The van der Waals surface area contributed by atoms with Crippen LogP contribution in [0, 0.1) is 5.92 Å². The Morgan fingerprint density at radius 2 is 1.39 bits per heavy atom. The molecule has 0 spiro atoms. The third-order valence-corrected chi connectivity index (χ3v) is 5.73. The number of carbonyl (C=O) groups excluding carboxylic acids is 2. The molecule has 2 heterocycles. The van der Waals surface area contributed by atoms with E-state index in [0.717, 1.165) is 16.8 Å². The standard InChI is InChI=1S/C26H22N2O3/c29-25-23-22(17-16-19-10-4-1-5-11-19)28(21-14-8-3-9-15-21)31-24(23)26(30)27(25)18-20-12-6-2-7-13-20/h1-17,22-24H,18H2/b17-16+/t22-,23-,24+/m1/s1. The number of nitrogens with zero attached hydrogens (tertiary/aromatic N) is 2. The van der Waals surface area contributed by atoms with Crippen LogP contribution in [0.2, 0.25) is 0 Å². The van der Waals surface area contributed by atoms with E-state index >= 15 is 0 Å². The number of rotatable bonds is 5. The van der Waals surface area contributed by atoms with Crippen LogP contribution in [-0.2, 0) is 21.0 Å². The van der Waals surface area contributed by atoms with E-state index in [9.17, 15) is 9.59 Å². The van der Waals surface area contributed by atoms with E-state index in [1.165, 1.54) is 4.90 Å². The lowest BCUT2D eigenvalue weighted by molar-refractivity contribution is -0.143. The summed E-state index contributed by atoms with van der Waals surface area (Å²) in [5.41, 5.74) is 2.76. The number of anilines is 1. The van der Waals surface area contributed by atoms with Crippen molar-refractivity contribution in [1.29, 1.82) is 0 Å². The van der Waals surface area contributed by atoms with Gasteiger partial charge in [-0.1, -0.05) is 91.0 Å². The highest BCUT2D eigenvalue weighted by atomic mass is 16.7. The Labute approximate surface area is 181 Å². The van der Waals surface area contributed by atoms with Crippen molar-refractivity contribution in [2.75, 3.05) is 5.06 Å². The van der Waals surface area contributed by atoms with E-state index in [0.29, 0.717) is 0 Å². The predicted octanol–water partition coefficient (Wildman–Crippen LogP) is 4.07. The van der Waals surface area contributed by atoms with E-state index < -0.39 is 12.0 Å². The molecule has 0 bridgehead atoms. The second-order valence-corrected chi connectivity index (χ2v) is 7.72. The van der Waals surface area contributed by atoms with Crippen LogP contribution in [0.5, 0.6) is 0 Å². The van der Waals surface area contributed by atoms with Gasteiger partial charge >= 0.3 is 0 Å². The second-order valence-electron chi connectivity index (χ2n) is 7.72. The first-order chi connectivity index (χ1) is 15.2. The SMILES string of the molecule is O=C1[C@H]2[C@H](ON(c3ccccc3)[C@@H]2/C=C/c2ccccc2)C(=O)N1Cc1ccccc1. The Balaban J connectivity index is 1.47. The molecule has 5 nitrogen and oxygen atoms in total. The van der Waals surface area contributed by atoms with Gasteiger partial charge in [0.05, 0.1) is 18.3 Å². The van der Waals surface area contributed by atoms with Crippen molar-refractivity contribution in [3.8, 4) is 0 Å². The third-order valence-electron chi connectivity index (χ3n) is 5.73. The molecule has 2 amide bonds. The van der Waals surface area contributed by atoms with Crippen molar-refractivity contribution in [3.05, 3.63) is 108 Å². The number of para-hydroxylation sites is 1. The molecule has 3 atom stereocenters. The summed E-state index contributed by atoms with van der Waals surface area (Å²) in [6.45, 7) is 0.259. The zero-order valence-corrected chi connectivity index (χ0v) is 16.9. The van der Waals surface area contributed by atoms with Gasteiger partial charge in [-0.2, -0.15) is 0 Å². The summed E-state index contributed by atoms with van der Waals surface area (Å²) in [4.78, 5) is 33.9. The van der Waals surface area contributed by atoms with Crippen LogP contribution in [0.4, 0.5) is 5.69 Å². The molecule has 0 aliphatic carbocycles. The molecule has 154 valence electrons. The summed E-state index contributed by atoms with van der Waals surface area (Å²) in [7, 11) is 0. The number of likely N-dealkylation sites (tertiary alicyclic amines) is 1. The van der Waals surface area contributed by atoms with Gasteiger partial charge in [0.25, 0.3) is 5.91 Å². The van der Waals surface area contributed by atoms with Crippen LogP contribution in [0.3, 0.4) is 0 Å². The monoisotopic (exact) mass is 410 g/mol. The fourth-order valence-electron chi connectivity index (χ4n) is 4.20. The second kappa shape index (κ2) is 8.20. The first kappa shape index (κ1) is 19.3. The molecule has 0 saturated carbocycles. The van der Waals surface area contributed by atoms with E-state index in [4.69, 9.17) is 4.84 Å². The average molecular weight is 410 g/mol. The zero-order valence-electron chi connectivity index (χ0n) is 16.9. The topological polar surface area (TPSA) is 49.9 Å². The fourth-order valence-corrected chi connectivity index (χ4v) is 4.20. The fraction of sp³-hybridized carbons (Fsp3) is 0.154. The van der Waals surface area contributed by atoms with Gasteiger partial charge in [0.1, 0.15) is 5.92 Å². The summed E-state index contributed by atoms with van der Waals surface area (Å²) in [6, 6.07) is 28.6. The summed E-state index contributed by atoms with van der Waals surface area (Å²) in [5, 5.41) is 1.70. The molecule has 5 heteroatoms. The lowest BCUT2D eigenvalue weighted by Crippen LogP contribution is -2.39. The summed E-state index contributed by atoms with van der Waals surface area (Å²) in [5.74, 6) is -1.06. The van der Waals surface area contributed by atoms with E-state index in [-0.39, 0.29) is 24.4 Å². The van der Waals surface area contributed by atoms with Crippen molar-refractivity contribution >= 4 is 23.6 Å². The van der Waals surface area contributed by atoms with Crippen LogP contribution in [-0.4, -0.2) is 28.9 Å². The van der Waals surface area contributed by atoms with Crippen molar-refractivity contribution < 1.29 is 14.4 Å². The maximum Gasteiger partial charge on any atom is 0.262 e. The van der Waals surface area contributed by atoms with Gasteiger partial charge in [0.2, 0.25) is 5.91 Å². The Bertz CT molecular complexity index is 1100. The van der Waals surface area contributed by atoms with Crippen molar-refractivity contribution in [2.24, 2.45) is 5.92 Å². The Morgan fingerprint density at radius 1 is 0.774 bits per heavy atom. The molecule has 2 aliphatic rings. The van der Waals surface area contributed by atoms with Gasteiger partial charge in [0.15, 0.2) is 6.10 Å². The smallest absolute Gasteiger partial charge is 0.262 e. The van der Waals surface area contributed by atoms with Gasteiger partial charge in [-0.05, 0) is 23.3 Å². The largest absolute Gasteiger partial charge is 0.275 e. The van der Waals surface area contributed by atoms with E-state index in [1.54, 1.807) is 5.06 Å². The highest BCUT2D eigenvalue weighted by Crippen LogP contribution is 2.39. The third kappa shape index (κ3) is 3.64. The van der Waals surface area contributed by atoms with E-state index in [1.807, 2.05) is 103 Å². The molecule has 2 aliphatic heterocycles. The van der Waals surface area contributed by atoms with Crippen molar-refractivity contribution in [3.63, 3.8) is 0 Å². The molecule has 0 unspecified atom stereocenters. The van der Waals surface area contributed by atoms with Gasteiger partial charge in [-0.25, -0.2) is 5.06 Å². The highest BCUT2D eigenvalue weighted by molar-refractivity contribution is 6.07. The first-order valence-electron chi connectivity index (χ1n) is 10.4. The molecule has 2 fully saturated rings. The molecule has 3 aromatic rings. The normalized spacial score (nSPS) is 23.0.